The summed E-state index contributed by atoms with van der Waals surface area (Å²) in [6.07, 6.45) is 11.3. The number of nitrogens with two attached hydrogens (primary N) is 1. The molecule has 0 radical (unpaired) electrons. The molecule has 3 aliphatic heterocycles. The highest BCUT2D eigenvalue weighted by Gasteiger charge is 2.52. The normalized spacial score (nSPS) is 19.4. The number of aromatic carboxylic acids is 1. The van der Waals surface area contributed by atoms with Gasteiger partial charge in [-0.1, -0.05) is 18.2 Å². The van der Waals surface area contributed by atoms with Crippen molar-refractivity contribution in [2.45, 2.75) is 58.0 Å². The standard InChI is InChI=1S/C38H43N9O4/c1-24(48)45-12-8-34-31(21-45)36(44-47(34)28-9-13-51-14-10-28)29-4-2-3-26-15-33(41-20-30(26)29)27(18-39)19-40-11-7-25-16-38(17-25)22-46(23-38)35-6-5-32(37(49)50)42-43-35/h2-6,15,18-20,25,28H,7-14,16-17,21-23,39H2,1H3,(H,49,50)/b27-18+,40-19?. The summed E-state index contributed by atoms with van der Waals surface area (Å²) in [6.45, 7) is 6.96. The van der Waals surface area contributed by atoms with Crippen molar-refractivity contribution in [1.29, 1.82) is 0 Å². The molecule has 8 rings (SSSR count). The van der Waals surface area contributed by atoms with E-state index in [0.29, 0.717) is 30.5 Å². The van der Waals surface area contributed by atoms with E-state index in [1.807, 2.05) is 17.3 Å². The second-order valence-electron chi connectivity index (χ2n) is 14.5. The summed E-state index contributed by atoms with van der Waals surface area (Å²) in [5.41, 5.74) is 12.2. The molecule has 1 aliphatic carbocycles. The highest BCUT2D eigenvalue weighted by Crippen LogP contribution is 2.53. The number of hydrogen-bond donors (Lipinski definition) is 2. The monoisotopic (exact) mass is 689 g/mol. The van der Waals surface area contributed by atoms with Crippen molar-refractivity contribution in [3.8, 4) is 11.3 Å². The van der Waals surface area contributed by atoms with Gasteiger partial charge in [0, 0.05) is 111 Å². The number of ether oxygens (including phenoxy) is 1. The molecule has 1 saturated carbocycles. The fraction of sp³-hybridized carbons (Fsp3) is 0.447. The topological polar surface area (TPSA) is 165 Å². The molecule has 0 atom stereocenters. The second-order valence-corrected chi connectivity index (χ2v) is 14.5. The number of allylic oxidation sites excluding steroid dienone is 1. The number of carbonyl (C=O) groups excluding carboxylic acids is 1. The van der Waals surface area contributed by atoms with Gasteiger partial charge in [-0.2, -0.15) is 5.10 Å². The van der Waals surface area contributed by atoms with E-state index in [-0.39, 0.29) is 11.6 Å². The molecular weight excluding hydrogens is 646 g/mol. The van der Waals surface area contributed by atoms with Crippen LogP contribution in [0.5, 0.6) is 0 Å². The van der Waals surface area contributed by atoms with Crippen LogP contribution in [-0.4, -0.2) is 92.5 Å². The van der Waals surface area contributed by atoms with E-state index in [4.69, 9.17) is 30.7 Å². The van der Waals surface area contributed by atoms with Crippen LogP contribution in [0.15, 0.2) is 53.8 Å². The molecule has 3 N–H and O–H groups in total. The molecule has 0 unspecified atom stereocenters. The molecule has 6 heterocycles. The summed E-state index contributed by atoms with van der Waals surface area (Å²) in [5, 5.41) is 24.2. The number of carboxylic acids is 1. The Hall–Kier alpha value is -5.17. The van der Waals surface area contributed by atoms with Crippen LogP contribution in [0.4, 0.5) is 5.82 Å². The summed E-state index contributed by atoms with van der Waals surface area (Å²) in [7, 11) is 0. The largest absolute Gasteiger partial charge is 0.476 e. The Morgan fingerprint density at radius 1 is 1.12 bits per heavy atom. The predicted octanol–water partition coefficient (Wildman–Crippen LogP) is 4.52. The first-order valence-corrected chi connectivity index (χ1v) is 17.9. The third-order valence-electron chi connectivity index (χ3n) is 11.1. The lowest BCUT2D eigenvalue weighted by molar-refractivity contribution is -0.129. The molecule has 2 saturated heterocycles. The highest BCUT2D eigenvalue weighted by molar-refractivity contribution is 6.10. The number of amides is 1. The van der Waals surface area contributed by atoms with Crippen LogP contribution in [0.1, 0.15) is 72.5 Å². The van der Waals surface area contributed by atoms with Gasteiger partial charge in [-0.25, -0.2) is 4.79 Å². The van der Waals surface area contributed by atoms with E-state index in [2.05, 4.69) is 44.0 Å². The maximum atomic E-state index is 12.4. The SMILES string of the molecule is CC(=O)N1CCc2c(c(-c3cccc4cc(/C(C=NCCC5CC6(C5)CN(c5ccc(C(=O)O)nn5)C6)=C/N)ncc34)nn2C2CCOCC2)C1. The first-order chi connectivity index (χ1) is 24.8. The third kappa shape index (κ3) is 6.35. The number of fused-ring (bicyclic) bond motifs is 2. The van der Waals surface area contributed by atoms with Crippen molar-refractivity contribution in [3.63, 3.8) is 0 Å². The molecule has 51 heavy (non-hydrogen) atoms. The van der Waals surface area contributed by atoms with Crippen LogP contribution in [0, 0.1) is 11.3 Å². The number of aliphatic imine (C=N–C) groups is 1. The Labute approximate surface area is 296 Å². The summed E-state index contributed by atoms with van der Waals surface area (Å²) in [5.74, 6) is 0.386. The average molecular weight is 690 g/mol. The van der Waals surface area contributed by atoms with Crippen LogP contribution >= 0.6 is 0 Å². The molecule has 1 amide bonds. The van der Waals surface area contributed by atoms with Crippen molar-refractivity contribution in [2.24, 2.45) is 22.1 Å². The minimum Gasteiger partial charge on any atom is -0.476 e. The molecule has 3 aromatic heterocycles. The van der Waals surface area contributed by atoms with E-state index in [0.717, 1.165) is 116 Å². The third-order valence-corrected chi connectivity index (χ3v) is 11.1. The summed E-state index contributed by atoms with van der Waals surface area (Å²) in [4.78, 5) is 37.1. The van der Waals surface area contributed by atoms with Gasteiger partial charge in [0.1, 0.15) is 0 Å². The van der Waals surface area contributed by atoms with Crippen molar-refractivity contribution in [1.82, 2.24) is 29.9 Å². The molecule has 4 aromatic rings. The molecular formula is C38H43N9O4. The smallest absolute Gasteiger partial charge is 0.356 e. The Morgan fingerprint density at radius 3 is 2.67 bits per heavy atom. The van der Waals surface area contributed by atoms with Crippen LogP contribution in [0.2, 0.25) is 0 Å². The van der Waals surface area contributed by atoms with Gasteiger partial charge in [-0.3, -0.25) is 19.5 Å². The van der Waals surface area contributed by atoms with E-state index in [9.17, 15) is 9.59 Å². The number of carbonyl (C=O) groups is 2. The lowest BCUT2D eigenvalue weighted by atomic mass is 9.57. The Bertz CT molecular complexity index is 2020. The Kier molecular flexibility index (Phi) is 8.74. The number of benzene rings is 1. The molecule has 3 fully saturated rings. The number of rotatable bonds is 9. The summed E-state index contributed by atoms with van der Waals surface area (Å²) in [6, 6.07) is 11.8. The quantitative estimate of drug-likeness (QED) is 0.239. The lowest BCUT2D eigenvalue weighted by Gasteiger charge is -2.59. The predicted molar refractivity (Wildman–Crippen MR) is 193 cm³/mol. The fourth-order valence-electron chi connectivity index (χ4n) is 8.47. The molecule has 1 aromatic carbocycles. The van der Waals surface area contributed by atoms with E-state index in [1.54, 1.807) is 19.2 Å². The maximum absolute atomic E-state index is 12.4. The number of aromatic nitrogens is 5. The van der Waals surface area contributed by atoms with E-state index < -0.39 is 5.97 Å². The van der Waals surface area contributed by atoms with Gasteiger partial charge in [-0.15, -0.1) is 10.2 Å². The average Bonchev–Trinajstić information content (AvgIpc) is 3.50. The zero-order chi connectivity index (χ0) is 35.1. The molecule has 13 heteroatoms. The van der Waals surface area contributed by atoms with E-state index in [1.165, 1.54) is 11.8 Å². The Balaban J connectivity index is 0.923. The molecule has 264 valence electrons. The van der Waals surface area contributed by atoms with Crippen LogP contribution in [-0.2, 0) is 22.5 Å². The first-order valence-electron chi connectivity index (χ1n) is 17.9. The fourth-order valence-corrected chi connectivity index (χ4v) is 8.47. The van der Waals surface area contributed by atoms with Gasteiger partial charge >= 0.3 is 5.97 Å². The first kappa shape index (κ1) is 33.0. The zero-order valence-electron chi connectivity index (χ0n) is 28.9. The van der Waals surface area contributed by atoms with Gasteiger partial charge < -0.3 is 25.4 Å². The maximum Gasteiger partial charge on any atom is 0.356 e. The zero-order valence-corrected chi connectivity index (χ0v) is 28.9. The van der Waals surface area contributed by atoms with Crippen LogP contribution in [0.3, 0.4) is 0 Å². The van der Waals surface area contributed by atoms with Crippen LogP contribution < -0.4 is 10.6 Å². The number of carboxylic acid groups (broad SMARTS) is 1. The van der Waals surface area contributed by atoms with E-state index >= 15 is 0 Å². The number of hydrogen-bond acceptors (Lipinski definition) is 10. The minimum atomic E-state index is -1.07. The van der Waals surface area contributed by atoms with Crippen molar-refractivity contribution >= 4 is 40.3 Å². The van der Waals surface area contributed by atoms with Gasteiger partial charge in [0.05, 0.1) is 17.4 Å². The van der Waals surface area contributed by atoms with Gasteiger partial charge in [0.2, 0.25) is 5.91 Å². The van der Waals surface area contributed by atoms with Crippen LogP contribution in [0.25, 0.3) is 27.6 Å². The van der Waals surface area contributed by atoms with Gasteiger partial charge in [0.25, 0.3) is 0 Å². The molecule has 0 bridgehead atoms. The molecule has 1 spiro atoms. The highest BCUT2D eigenvalue weighted by atomic mass is 16.5. The van der Waals surface area contributed by atoms with Crippen molar-refractivity contribution in [2.75, 3.05) is 44.3 Å². The minimum absolute atomic E-state index is 0.0382. The number of pyridine rings is 1. The summed E-state index contributed by atoms with van der Waals surface area (Å²) >= 11 is 0. The lowest BCUT2D eigenvalue weighted by Crippen LogP contribution is -2.62. The molecule has 4 aliphatic rings. The second kappa shape index (κ2) is 13.5. The summed E-state index contributed by atoms with van der Waals surface area (Å²) < 4.78 is 7.87. The van der Waals surface area contributed by atoms with Crippen molar-refractivity contribution in [3.05, 3.63) is 71.4 Å². The molecule has 13 nitrogen and oxygen atoms in total. The van der Waals surface area contributed by atoms with Crippen molar-refractivity contribution < 1.29 is 19.4 Å². The van der Waals surface area contributed by atoms with Gasteiger partial charge in [-0.05, 0) is 61.6 Å². The number of anilines is 1. The Morgan fingerprint density at radius 2 is 1.94 bits per heavy atom. The number of nitrogens with zero attached hydrogens (tertiary/aromatic N) is 8. The van der Waals surface area contributed by atoms with Gasteiger partial charge in [0.15, 0.2) is 11.5 Å².